The highest BCUT2D eigenvalue weighted by molar-refractivity contribution is 7.92. The van der Waals surface area contributed by atoms with E-state index in [4.69, 9.17) is 5.73 Å². The minimum absolute atomic E-state index is 0.00442. The van der Waals surface area contributed by atoms with E-state index in [0.29, 0.717) is 6.54 Å². The Bertz CT molecular complexity index is 521. The Balaban J connectivity index is 2.49. The van der Waals surface area contributed by atoms with E-state index < -0.39 is 10.0 Å². The summed E-state index contributed by atoms with van der Waals surface area (Å²) in [6.45, 7) is 0.571. The Kier molecular flexibility index (Phi) is 2.91. The van der Waals surface area contributed by atoms with Gasteiger partial charge in [-0.3, -0.25) is 4.31 Å². The van der Waals surface area contributed by atoms with Crippen molar-refractivity contribution in [2.75, 3.05) is 24.2 Å². The van der Waals surface area contributed by atoms with Gasteiger partial charge in [-0.25, -0.2) is 8.42 Å². The molecule has 0 unspecified atom stereocenters. The molecule has 1 aromatic rings. The largest absolute Gasteiger partial charge is 0.330 e. The van der Waals surface area contributed by atoms with Crippen LogP contribution in [0.25, 0.3) is 0 Å². The highest BCUT2D eigenvalue weighted by atomic mass is 32.2. The van der Waals surface area contributed by atoms with Crippen molar-refractivity contribution in [2.45, 2.75) is 18.3 Å². The fourth-order valence-electron chi connectivity index (χ4n) is 2.11. The molecule has 0 atom stereocenters. The highest BCUT2D eigenvalue weighted by Gasteiger charge is 2.44. The molecule has 0 saturated heterocycles. The zero-order valence-electron chi connectivity index (χ0n) is 10.2. The van der Waals surface area contributed by atoms with Crippen molar-refractivity contribution in [3.8, 4) is 0 Å². The predicted molar refractivity (Wildman–Crippen MR) is 69.7 cm³/mol. The molecule has 1 aliphatic carbocycles. The maximum absolute atomic E-state index is 11.6. The van der Waals surface area contributed by atoms with Gasteiger partial charge in [-0.05, 0) is 24.5 Å². The van der Waals surface area contributed by atoms with E-state index in [9.17, 15) is 8.42 Å². The van der Waals surface area contributed by atoms with Crippen LogP contribution in [0, 0.1) is 0 Å². The number of anilines is 1. The quantitative estimate of drug-likeness (QED) is 0.874. The lowest BCUT2D eigenvalue weighted by Crippen LogP contribution is -2.29. The van der Waals surface area contributed by atoms with Crippen LogP contribution in [0.15, 0.2) is 24.3 Å². The van der Waals surface area contributed by atoms with Crippen LogP contribution >= 0.6 is 0 Å². The van der Waals surface area contributed by atoms with Crippen molar-refractivity contribution in [3.63, 3.8) is 0 Å². The number of benzene rings is 1. The van der Waals surface area contributed by atoms with E-state index in [1.54, 1.807) is 7.05 Å². The van der Waals surface area contributed by atoms with E-state index >= 15 is 0 Å². The maximum Gasteiger partial charge on any atom is 0.232 e. The molecule has 0 aliphatic heterocycles. The lowest BCUT2D eigenvalue weighted by molar-refractivity contribution is 0.599. The van der Waals surface area contributed by atoms with E-state index in [1.807, 2.05) is 24.3 Å². The first-order valence-corrected chi connectivity index (χ1v) is 7.49. The molecule has 0 spiro atoms. The molecule has 94 valence electrons. The molecule has 1 saturated carbocycles. The smallest absolute Gasteiger partial charge is 0.232 e. The fourth-order valence-corrected chi connectivity index (χ4v) is 2.63. The summed E-state index contributed by atoms with van der Waals surface area (Å²) in [5, 5.41) is 0. The van der Waals surface area contributed by atoms with E-state index in [-0.39, 0.29) is 5.41 Å². The molecule has 0 amide bonds. The maximum atomic E-state index is 11.6. The Hall–Kier alpha value is -1.07. The summed E-state index contributed by atoms with van der Waals surface area (Å²) in [6, 6.07) is 7.61. The first kappa shape index (κ1) is 12.4. The SMILES string of the molecule is CN(c1ccccc1C1(CN)CC1)S(C)(=O)=O. The average Bonchev–Trinajstić information content (AvgIpc) is 3.08. The van der Waals surface area contributed by atoms with Crippen molar-refractivity contribution in [1.29, 1.82) is 0 Å². The number of nitrogens with two attached hydrogens (primary N) is 1. The summed E-state index contributed by atoms with van der Waals surface area (Å²) in [5.74, 6) is 0. The van der Waals surface area contributed by atoms with Gasteiger partial charge in [0.1, 0.15) is 0 Å². The summed E-state index contributed by atoms with van der Waals surface area (Å²) in [4.78, 5) is 0. The molecule has 0 bridgehead atoms. The first-order valence-electron chi connectivity index (χ1n) is 5.64. The normalized spacial score (nSPS) is 17.8. The van der Waals surface area contributed by atoms with Crippen LogP contribution in [-0.2, 0) is 15.4 Å². The van der Waals surface area contributed by atoms with E-state index in [1.165, 1.54) is 10.6 Å². The van der Waals surface area contributed by atoms with Gasteiger partial charge in [0.15, 0.2) is 0 Å². The Morgan fingerprint density at radius 1 is 1.35 bits per heavy atom. The molecule has 2 rings (SSSR count). The number of nitrogens with zero attached hydrogens (tertiary/aromatic N) is 1. The number of rotatable bonds is 4. The molecule has 4 nitrogen and oxygen atoms in total. The Morgan fingerprint density at radius 2 is 1.94 bits per heavy atom. The molecule has 1 fully saturated rings. The second-order valence-corrected chi connectivity index (χ2v) is 6.75. The monoisotopic (exact) mass is 254 g/mol. The molecule has 0 heterocycles. The summed E-state index contributed by atoms with van der Waals surface area (Å²) in [7, 11) is -1.64. The Morgan fingerprint density at radius 3 is 2.41 bits per heavy atom. The molecular weight excluding hydrogens is 236 g/mol. The van der Waals surface area contributed by atoms with Crippen molar-refractivity contribution >= 4 is 15.7 Å². The molecule has 1 aromatic carbocycles. The van der Waals surface area contributed by atoms with E-state index in [0.717, 1.165) is 24.1 Å². The van der Waals surface area contributed by atoms with Gasteiger partial charge >= 0.3 is 0 Å². The van der Waals surface area contributed by atoms with Crippen molar-refractivity contribution in [3.05, 3.63) is 29.8 Å². The molecular formula is C12H18N2O2S. The molecule has 1 aliphatic rings. The number of hydrogen-bond acceptors (Lipinski definition) is 3. The summed E-state index contributed by atoms with van der Waals surface area (Å²) < 4.78 is 24.6. The highest BCUT2D eigenvalue weighted by Crippen LogP contribution is 2.50. The van der Waals surface area contributed by atoms with Crippen LogP contribution in [0.4, 0.5) is 5.69 Å². The van der Waals surface area contributed by atoms with Gasteiger partial charge in [-0.1, -0.05) is 18.2 Å². The van der Waals surface area contributed by atoms with Crippen LogP contribution in [0.3, 0.4) is 0 Å². The lowest BCUT2D eigenvalue weighted by Gasteiger charge is -2.24. The van der Waals surface area contributed by atoms with Crippen LogP contribution in [0.2, 0.25) is 0 Å². The standard InChI is InChI=1S/C12H18N2O2S/c1-14(17(2,15)16)11-6-4-3-5-10(11)12(9-13)7-8-12/h3-6H,7-9,13H2,1-2H3. The third-order valence-corrected chi connectivity index (χ3v) is 4.75. The number of sulfonamides is 1. The van der Waals surface area contributed by atoms with Crippen LogP contribution in [-0.4, -0.2) is 28.3 Å². The van der Waals surface area contributed by atoms with Crippen molar-refractivity contribution < 1.29 is 8.42 Å². The lowest BCUT2D eigenvalue weighted by atomic mass is 9.94. The molecule has 2 N–H and O–H groups in total. The zero-order chi connectivity index (χ0) is 12.7. The Labute approximate surface area is 102 Å². The third kappa shape index (κ3) is 2.17. The van der Waals surface area contributed by atoms with Gasteiger partial charge in [0.2, 0.25) is 10.0 Å². The van der Waals surface area contributed by atoms with Crippen LogP contribution in [0.5, 0.6) is 0 Å². The summed E-state index contributed by atoms with van der Waals surface area (Å²) >= 11 is 0. The molecule has 5 heteroatoms. The molecule has 0 radical (unpaired) electrons. The zero-order valence-corrected chi connectivity index (χ0v) is 11.0. The van der Waals surface area contributed by atoms with Crippen LogP contribution in [0.1, 0.15) is 18.4 Å². The van der Waals surface area contributed by atoms with Gasteiger partial charge < -0.3 is 5.73 Å². The minimum Gasteiger partial charge on any atom is -0.330 e. The summed E-state index contributed by atoms with van der Waals surface area (Å²) in [5.41, 5.74) is 7.61. The van der Waals surface area contributed by atoms with Crippen molar-refractivity contribution in [1.82, 2.24) is 0 Å². The van der Waals surface area contributed by atoms with Gasteiger partial charge in [0.05, 0.1) is 11.9 Å². The second kappa shape index (κ2) is 3.99. The third-order valence-electron chi connectivity index (χ3n) is 3.56. The minimum atomic E-state index is -3.23. The topological polar surface area (TPSA) is 63.4 Å². The number of hydrogen-bond donors (Lipinski definition) is 1. The predicted octanol–water partition coefficient (Wildman–Crippen LogP) is 1.07. The average molecular weight is 254 g/mol. The fraction of sp³-hybridized carbons (Fsp3) is 0.500. The van der Waals surface area contributed by atoms with E-state index in [2.05, 4.69) is 0 Å². The molecule has 0 aromatic heterocycles. The number of para-hydroxylation sites is 1. The van der Waals surface area contributed by atoms with Gasteiger partial charge in [0.25, 0.3) is 0 Å². The van der Waals surface area contributed by atoms with Gasteiger partial charge in [-0.15, -0.1) is 0 Å². The first-order chi connectivity index (χ1) is 7.91. The summed E-state index contributed by atoms with van der Waals surface area (Å²) in [6.07, 6.45) is 3.29. The van der Waals surface area contributed by atoms with Crippen LogP contribution < -0.4 is 10.0 Å². The van der Waals surface area contributed by atoms with Gasteiger partial charge in [0, 0.05) is 19.0 Å². The molecule has 17 heavy (non-hydrogen) atoms. The van der Waals surface area contributed by atoms with Crippen molar-refractivity contribution in [2.24, 2.45) is 5.73 Å². The van der Waals surface area contributed by atoms with Gasteiger partial charge in [-0.2, -0.15) is 0 Å². The second-order valence-electron chi connectivity index (χ2n) is 4.73.